The first kappa shape index (κ1) is 24.2. The Morgan fingerprint density at radius 3 is 2.23 bits per heavy atom. The van der Waals surface area contributed by atoms with Crippen LogP contribution in [-0.2, 0) is 22.3 Å². The average molecular weight is 488 g/mol. The molecule has 0 aliphatic heterocycles. The fraction of sp³-hybridized carbons (Fsp3) is 0.107. The van der Waals surface area contributed by atoms with E-state index >= 15 is 0 Å². The molecule has 0 saturated heterocycles. The maximum Gasteiger partial charge on any atom is 0.335 e. The van der Waals surface area contributed by atoms with Crippen LogP contribution in [0.4, 0.5) is 0 Å². The smallest absolute Gasteiger partial charge is 0.335 e. The summed E-state index contributed by atoms with van der Waals surface area (Å²) in [4.78, 5) is 11.1. The van der Waals surface area contributed by atoms with Gasteiger partial charge in [0.15, 0.2) is 0 Å². The van der Waals surface area contributed by atoms with E-state index in [1.807, 2.05) is 73.7 Å². The van der Waals surface area contributed by atoms with Crippen LogP contribution in [0.25, 0.3) is 11.1 Å². The topological polar surface area (TPSA) is 92.7 Å². The van der Waals surface area contributed by atoms with Gasteiger partial charge in [-0.1, -0.05) is 60.7 Å². The third kappa shape index (κ3) is 6.56. The normalized spacial score (nSPS) is 11.2. The van der Waals surface area contributed by atoms with E-state index < -0.39 is 16.0 Å². The van der Waals surface area contributed by atoms with Crippen molar-refractivity contribution in [3.8, 4) is 22.6 Å². The third-order valence-corrected chi connectivity index (χ3v) is 6.76. The molecule has 0 aliphatic rings. The van der Waals surface area contributed by atoms with Crippen molar-refractivity contribution in [2.45, 2.75) is 19.2 Å². The van der Waals surface area contributed by atoms with Crippen molar-refractivity contribution < 1.29 is 23.1 Å². The highest BCUT2D eigenvalue weighted by molar-refractivity contribution is 7.88. The molecule has 0 saturated carbocycles. The highest BCUT2D eigenvalue weighted by atomic mass is 32.2. The van der Waals surface area contributed by atoms with E-state index in [1.165, 1.54) is 12.1 Å². The lowest BCUT2D eigenvalue weighted by molar-refractivity contribution is 0.0696. The van der Waals surface area contributed by atoms with E-state index in [2.05, 4.69) is 4.72 Å². The molecular formula is C28H25NO5S. The van der Waals surface area contributed by atoms with Gasteiger partial charge in [0, 0.05) is 6.54 Å². The number of benzene rings is 4. The lowest BCUT2D eigenvalue weighted by Crippen LogP contribution is -2.24. The van der Waals surface area contributed by atoms with Gasteiger partial charge in [0.05, 0.1) is 11.3 Å². The molecule has 0 heterocycles. The van der Waals surface area contributed by atoms with Crippen molar-refractivity contribution >= 4 is 16.0 Å². The molecule has 2 N–H and O–H groups in total. The van der Waals surface area contributed by atoms with Crippen LogP contribution < -0.4 is 9.46 Å². The Bertz CT molecular complexity index is 1430. The zero-order chi connectivity index (χ0) is 24.8. The maximum atomic E-state index is 12.6. The number of nitrogens with one attached hydrogen (secondary N) is 1. The predicted molar refractivity (Wildman–Crippen MR) is 136 cm³/mol. The van der Waals surface area contributed by atoms with Crippen LogP contribution in [0.5, 0.6) is 11.5 Å². The molecule has 6 nitrogen and oxygen atoms in total. The number of carboxylic acid groups (broad SMARTS) is 1. The maximum absolute atomic E-state index is 12.6. The number of sulfonamides is 1. The van der Waals surface area contributed by atoms with E-state index in [9.17, 15) is 13.2 Å². The van der Waals surface area contributed by atoms with Gasteiger partial charge in [-0.25, -0.2) is 17.9 Å². The fourth-order valence-corrected chi connectivity index (χ4v) is 4.85. The molecule has 0 aliphatic carbocycles. The van der Waals surface area contributed by atoms with Crippen molar-refractivity contribution in [2.75, 3.05) is 0 Å². The highest BCUT2D eigenvalue weighted by Gasteiger charge is 2.14. The van der Waals surface area contributed by atoms with Gasteiger partial charge in [0.25, 0.3) is 0 Å². The highest BCUT2D eigenvalue weighted by Crippen LogP contribution is 2.28. The van der Waals surface area contributed by atoms with Gasteiger partial charge in [-0.3, -0.25) is 0 Å². The van der Waals surface area contributed by atoms with E-state index in [0.29, 0.717) is 11.1 Å². The first-order valence-corrected chi connectivity index (χ1v) is 12.7. The minimum atomic E-state index is -3.61. The summed E-state index contributed by atoms with van der Waals surface area (Å²) in [6.45, 7) is 1.97. The molecule has 0 bridgehead atoms. The van der Waals surface area contributed by atoms with E-state index in [4.69, 9.17) is 9.84 Å². The van der Waals surface area contributed by atoms with Gasteiger partial charge in [0.1, 0.15) is 11.5 Å². The summed E-state index contributed by atoms with van der Waals surface area (Å²) >= 11 is 0. The number of hydrogen-bond donors (Lipinski definition) is 2. The Morgan fingerprint density at radius 2 is 1.54 bits per heavy atom. The van der Waals surface area contributed by atoms with Crippen molar-refractivity contribution in [2.24, 2.45) is 0 Å². The van der Waals surface area contributed by atoms with Crippen molar-refractivity contribution in [3.05, 3.63) is 119 Å². The summed E-state index contributed by atoms with van der Waals surface area (Å²) in [5.41, 5.74) is 4.35. The standard InChI is InChI=1S/C28H25NO5S/c1-20-16-22(19-35(32,33)29-18-21-6-5-7-24(17-21)28(30)31)10-15-27(20)23-11-13-26(14-12-23)34-25-8-3-2-4-9-25/h2-17,29H,18-19H2,1H3,(H,30,31). The Labute approximate surface area is 204 Å². The third-order valence-electron chi connectivity index (χ3n) is 5.46. The molecule has 4 aromatic carbocycles. The number of rotatable bonds is 9. The van der Waals surface area contributed by atoms with E-state index in [-0.39, 0.29) is 17.9 Å². The largest absolute Gasteiger partial charge is 0.478 e. The summed E-state index contributed by atoms with van der Waals surface area (Å²) in [6.07, 6.45) is 0. The number of para-hydroxylation sites is 1. The van der Waals surface area contributed by atoms with Crippen LogP contribution in [0.15, 0.2) is 97.1 Å². The summed E-state index contributed by atoms with van der Waals surface area (Å²) in [5.74, 6) is 0.283. The Kier molecular flexibility index (Phi) is 7.29. The number of aryl methyl sites for hydroxylation is 1. The van der Waals surface area contributed by atoms with Gasteiger partial charge in [0.2, 0.25) is 10.0 Å². The second-order valence-electron chi connectivity index (χ2n) is 8.17. The number of carbonyl (C=O) groups is 1. The van der Waals surface area contributed by atoms with Crippen LogP contribution in [0.3, 0.4) is 0 Å². The number of aromatic carboxylic acids is 1. The van der Waals surface area contributed by atoms with Crippen molar-refractivity contribution in [1.29, 1.82) is 0 Å². The van der Waals surface area contributed by atoms with Gasteiger partial charge in [-0.05, 0) is 71.1 Å². The molecule has 0 spiro atoms. The molecule has 7 heteroatoms. The van der Waals surface area contributed by atoms with Crippen LogP contribution in [0.2, 0.25) is 0 Å². The number of hydrogen-bond acceptors (Lipinski definition) is 4. The van der Waals surface area contributed by atoms with E-state index in [1.54, 1.807) is 18.2 Å². The van der Waals surface area contributed by atoms with E-state index in [0.717, 1.165) is 28.2 Å². The molecular weight excluding hydrogens is 462 g/mol. The lowest BCUT2D eigenvalue weighted by Gasteiger charge is -2.12. The summed E-state index contributed by atoms with van der Waals surface area (Å²) in [7, 11) is -3.61. The average Bonchev–Trinajstić information content (AvgIpc) is 2.84. The second kappa shape index (κ2) is 10.5. The Hall–Kier alpha value is -3.94. The van der Waals surface area contributed by atoms with Crippen molar-refractivity contribution in [3.63, 3.8) is 0 Å². The lowest BCUT2D eigenvalue weighted by atomic mass is 9.99. The van der Waals surface area contributed by atoms with Gasteiger partial charge in [-0.2, -0.15) is 0 Å². The molecule has 0 atom stereocenters. The fourth-order valence-electron chi connectivity index (χ4n) is 3.74. The molecule has 4 rings (SSSR count). The molecule has 35 heavy (non-hydrogen) atoms. The summed E-state index contributed by atoms with van der Waals surface area (Å²) in [6, 6.07) is 29.1. The molecule has 4 aromatic rings. The summed E-state index contributed by atoms with van der Waals surface area (Å²) in [5, 5.41) is 9.09. The van der Waals surface area contributed by atoms with Gasteiger partial charge in [-0.15, -0.1) is 0 Å². The second-order valence-corrected chi connectivity index (χ2v) is 9.98. The molecule has 0 amide bonds. The van der Waals surface area contributed by atoms with Gasteiger partial charge >= 0.3 is 5.97 Å². The molecule has 0 unspecified atom stereocenters. The first-order valence-electron chi connectivity index (χ1n) is 11.0. The van der Waals surface area contributed by atoms with Crippen LogP contribution in [-0.4, -0.2) is 19.5 Å². The SMILES string of the molecule is Cc1cc(CS(=O)(=O)NCc2cccc(C(=O)O)c2)ccc1-c1ccc(Oc2ccccc2)cc1. The van der Waals surface area contributed by atoms with Crippen molar-refractivity contribution in [1.82, 2.24) is 4.72 Å². The monoisotopic (exact) mass is 487 g/mol. The molecule has 178 valence electrons. The van der Waals surface area contributed by atoms with Crippen LogP contribution in [0, 0.1) is 6.92 Å². The molecule has 0 radical (unpaired) electrons. The molecule has 0 fully saturated rings. The van der Waals surface area contributed by atoms with Crippen LogP contribution >= 0.6 is 0 Å². The Morgan fingerprint density at radius 1 is 0.829 bits per heavy atom. The number of ether oxygens (including phenoxy) is 1. The minimum Gasteiger partial charge on any atom is -0.478 e. The predicted octanol–water partition coefficient (Wildman–Crippen LogP) is 5.77. The number of carboxylic acids is 1. The zero-order valence-corrected chi connectivity index (χ0v) is 20.0. The minimum absolute atomic E-state index is 0.0257. The van der Waals surface area contributed by atoms with Crippen LogP contribution in [0.1, 0.15) is 27.0 Å². The Balaban J connectivity index is 1.41. The zero-order valence-electron chi connectivity index (χ0n) is 19.1. The molecule has 0 aromatic heterocycles. The first-order chi connectivity index (χ1) is 16.8. The van der Waals surface area contributed by atoms with Gasteiger partial charge < -0.3 is 9.84 Å². The quantitative estimate of drug-likeness (QED) is 0.313. The summed E-state index contributed by atoms with van der Waals surface area (Å²) < 4.78 is 33.6.